The minimum Gasteiger partial charge on any atom is -0.347 e. The van der Waals surface area contributed by atoms with Gasteiger partial charge in [-0.2, -0.15) is 0 Å². The van der Waals surface area contributed by atoms with Crippen molar-refractivity contribution in [2.45, 2.75) is 25.8 Å². The van der Waals surface area contributed by atoms with Gasteiger partial charge in [0.2, 0.25) is 5.91 Å². The van der Waals surface area contributed by atoms with Crippen LogP contribution in [0.5, 0.6) is 0 Å². The van der Waals surface area contributed by atoms with Gasteiger partial charge in [-0.15, -0.1) is 0 Å². The van der Waals surface area contributed by atoms with Crippen molar-refractivity contribution in [3.05, 3.63) is 33.8 Å². The van der Waals surface area contributed by atoms with Crippen LogP contribution >= 0.6 is 15.9 Å². The molecule has 4 nitrogen and oxygen atoms in total. The van der Waals surface area contributed by atoms with Crippen LogP contribution in [-0.2, 0) is 4.79 Å². The number of hydrogen-bond acceptors (Lipinski definition) is 2. The molecule has 1 saturated heterocycles. The highest BCUT2D eigenvalue weighted by Crippen LogP contribution is 2.24. The summed E-state index contributed by atoms with van der Waals surface area (Å²) in [6, 6.07) is 5.24. The summed E-state index contributed by atoms with van der Waals surface area (Å²) in [5, 5.41) is 0. The van der Waals surface area contributed by atoms with E-state index in [2.05, 4.69) is 15.9 Å². The fourth-order valence-corrected chi connectivity index (χ4v) is 2.84. The van der Waals surface area contributed by atoms with E-state index in [1.807, 2.05) is 25.1 Å². The van der Waals surface area contributed by atoms with E-state index in [0.29, 0.717) is 12.1 Å². The van der Waals surface area contributed by atoms with Crippen molar-refractivity contribution < 1.29 is 9.59 Å². The molecule has 5 heteroatoms. The molecule has 1 unspecified atom stereocenters. The summed E-state index contributed by atoms with van der Waals surface area (Å²) in [6.07, 6.45) is 1.62. The van der Waals surface area contributed by atoms with Crippen molar-refractivity contribution in [3.63, 3.8) is 0 Å². The molecule has 0 bridgehead atoms. The largest absolute Gasteiger partial charge is 0.347 e. The van der Waals surface area contributed by atoms with Crippen molar-refractivity contribution in [3.8, 4) is 0 Å². The summed E-state index contributed by atoms with van der Waals surface area (Å²) in [6.45, 7) is 2.63. The lowest BCUT2D eigenvalue weighted by atomic mass is 10.1. The summed E-state index contributed by atoms with van der Waals surface area (Å²) in [5.41, 5.74) is 1.71. The van der Waals surface area contributed by atoms with Gasteiger partial charge in [0.1, 0.15) is 6.04 Å². The number of benzene rings is 1. The van der Waals surface area contributed by atoms with E-state index in [1.165, 1.54) is 0 Å². The van der Waals surface area contributed by atoms with E-state index in [0.717, 1.165) is 22.9 Å². The molecular formula is C15H19BrN2O2. The third kappa shape index (κ3) is 2.87. The second kappa shape index (κ2) is 5.95. The zero-order chi connectivity index (χ0) is 14.9. The Hall–Kier alpha value is -1.36. The number of hydrogen-bond donors (Lipinski definition) is 0. The molecular weight excluding hydrogens is 320 g/mol. The van der Waals surface area contributed by atoms with Gasteiger partial charge in [-0.05, 0) is 37.5 Å². The molecule has 0 saturated carbocycles. The van der Waals surface area contributed by atoms with Gasteiger partial charge < -0.3 is 9.80 Å². The Morgan fingerprint density at radius 3 is 2.65 bits per heavy atom. The highest BCUT2D eigenvalue weighted by molar-refractivity contribution is 9.10. The van der Waals surface area contributed by atoms with Crippen LogP contribution in [0.4, 0.5) is 0 Å². The predicted molar refractivity (Wildman–Crippen MR) is 81.6 cm³/mol. The second-order valence-electron chi connectivity index (χ2n) is 5.35. The van der Waals surface area contributed by atoms with Gasteiger partial charge in [-0.25, -0.2) is 0 Å². The third-order valence-electron chi connectivity index (χ3n) is 3.66. The lowest BCUT2D eigenvalue weighted by Crippen LogP contribution is -2.45. The van der Waals surface area contributed by atoms with Crippen molar-refractivity contribution in [2.75, 3.05) is 20.6 Å². The molecule has 2 amide bonds. The molecule has 1 aliphatic heterocycles. The van der Waals surface area contributed by atoms with Gasteiger partial charge in [0, 0.05) is 30.7 Å². The third-order valence-corrected chi connectivity index (χ3v) is 4.51. The highest BCUT2D eigenvalue weighted by Gasteiger charge is 2.35. The molecule has 0 N–H and O–H groups in total. The summed E-state index contributed by atoms with van der Waals surface area (Å²) >= 11 is 3.44. The van der Waals surface area contributed by atoms with Gasteiger partial charge >= 0.3 is 0 Å². The maximum absolute atomic E-state index is 12.6. The lowest BCUT2D eigenvalue weighted by Gasteiger charge is -2.26. The SMILES string of the molecule is Cc1ccc(C(=O)N2CCCC2C(=O)N(C)C)cc1Br. The number of rotatable bonds is 2. The zero-order valence-electron chi connectivity index (χ0n) is 12.0. The number of amides is 2. The fraction of sp³-hybridized carbons (Fsp3) is 0.467. The van der Waals surface area contributed by atoms with Crippen molar-refractivity contribution in [2.24, 2.45) is 0 Å². The normalized spacial score (nSPS) is 18.2. The Morgan fingerprint density at radius 2 is 2.05 bits per heavy atom. The first-order valence-electron chi connectivity index (χ1n) is 6.70. The summed E-state index contributed by atoms with van der Waals surface area (Å²) in [4.78, 5) is 28.0. The number of halogens is 1. The van der Waals surface area contributed by atoms with Crippen molar-refractivity contribution in [1.29, 1.82) is 0 Å². The molecule has 0 aliphatic carbocycles. The van der Waals surface area contributed by atoms with Crippen LogP contribution in [0.1, 0.15) is 28.8 Å². The predicted octanol–water partition coefficient (Wildman–Crippen LogP) is 2.45. The number of carbonyl (C=O) groups is 2. The Morgan fingerprint density at radius 1 is 1.35 bits per heavy atom. The van der Waals surface area contributed by atoms with Crippen LogP contribution < -0.4 is 0 Å². The van der Waals surface area contributed by atoms with Crippen LogP contribution in [0.2, 0.25) is 0 Å². The molecule has 0 aromatic heterocycles. The zero-order valence-corrected chi connectivity index (χ0v) is 13.6. The topological polar surface area (TPSA) is 40.6 Å². The molecule has 1 fully saturated rings. The molecule has 1 aromatic rings. The molecule has 108 valence electrons. The minimum absolute atomic E-state index is 0.00188. The number of carbonyl (C=O) groups excluding carboxylic acids is 2. The quantitative estimate of drug-likeness (QED) is 0.830. The maximum Gasteiger partial charge on any atom is 0.254 e. The molecule has 1 aliphatic rings. The number of likely N-dealkylation sites (tertiary alicyclic amines) is 1. The molecule has 0 radical (unpaired) electrons. The van der Waals surface area contributed by atoms with E-state index in [-0.39, 0.29) is 17.9 Å². The van der Waals surface area contributed by atoms with Crippen LogP contribution in [0.15, 0.2) is 22.7 Å². The van der Waals surface area contributed by atoms with Gasteiger partial charge in [-0.1, -0.05) is 22.0 Å². The Balaban J connectivity index is 2.23. The summed E-state index contributed by atoms with van der Waals surface area (Å²) in [7, 11) is 3.46. The Kier molecular flexibility index (Phi) is 4.48. The molecule has 1 atom stereocenters. The standard InChI is InChI=1S/C15H19BrN2O2/c1-10-6-7-11(9-12(10)16)14(19)18-8-4-5-13(18)15(20)17(2)3/h6-7,9,13H,4-5,8H2,1-3H3. The van der Waals surface area contributed by atoms with Crippen LogP contribution in [0, 0.1) is 6.92 Å². The minimum atomic E-state index is -0.322. The first-order chi connectivity index (χ1) is 9.41. The number of likely N-dealkylation sites (N-methyl/N-ethyl adjacent to an activating group) is 1. The number of aryl methyl sites for hydroxylation is 1. The van der Waals surface area contributed by atoms with Gasteiger partial charge in [-0.3, -0.25) is 9.59 Å². The van der Waals surface area contributed by atoms with Crippen molar-refractivity contribution in [1.82, 2.24) is 9.80 Å². The highest BCUT2D eigenvalue weighted by atomic mass is 79.9. The van der Waals surface area contributed by atoms with E-state index < -0.39 is 0 Å². The molecule has 1 aromatic carbocycles. The van der Waals surface area contributed by atoms with Gasteiger partial charge in [0.15, 0.2) is 0 Å². The average Bonchev–Trinajstić information content (AvgIpc) is 2.89. The van der Waals surface area contributed by atoms with E-state index in [9.17, 15) is 9.59 Å². The first kappa shape index (κ1) is 15.0. The van der Waals surface area contributed by atoms with E-state index in [4.69, 9.17) is 0 Å². The Labute approximate surface area is 127 Å². The molecule has 0 spiro atoms. The molecule has 20 heavy (non-hydrogen) atoms. The second-order valence-corrected chi connectivity index (χ2v) is 6.21. The summed E-state index contributed by atoms with van der Waals surface area (Å²) < 4.78 is 0.915. The molecule has 2 rings (SSSR count). The van der Waals surface area contributed by atoms with Crippen molar-refractivity contribution >= 4 is 27.7 Å². The average molecular weight is 339 g/mol. The monoisotopic (exact) mass is 338 g/mol. The van der Waals surface area contributed by atoms with Gasteiger partial charge in [0.05, 0.1) is 0 Å². The first-order valence-corrected chi connectivity index (χ1v) is 7.49. The smallest absolute Gasteiger partial charge is 0.254 e. The summed E-state index contributed by atoms with van der Waals surface area (Å²) in [5.74, 6) is -0.0644. The fourth-order valence-electron chi connectivity index (χ4n) is 2.46. The Bertz CT molecular complexity index is 543. The van der Waals surface area contributed by atoms with E-state index >= 15 is 0 Å². The van der Waals surface area contributed by atoms with E-state index in [1.54, 1.807) is 23.9 Å². The van der Waals surface area contributed by atoms with Crippen LogP contribution in [-0.4, -0.2) is 48.3 Å². The molecule has 1 heterocycles. The maximum atomic E-state index is 12.6. The number of nitrogens with zero attached hydrogens (tertiary/aromatic N) is 2. The van der Waals surface area contributed by atoms with Gasteiger partial charge in [0.25, 0.3) is 5.91 Å². The van der Waals surface area contributed by atoms with Crippen LogP contribution in [0.25, 0.3) is 0 Å². The lowest BCUT2D eigenvalue weighted by molar-refractivity contribution is -0.132. The van der Waals surface area contributed by atoms with Crippen LogP contribution in [0.3, 0.4) is 0 Å².